The zero-order chi connectivity index (χ0) is 32.0. The van der Waals surface area contributed by atoms with Crippen LogP contribution in [-0.4, -0.2) is 60.7 Å². The van der Waals surface area contributed by atoms with E-state index in [1.165, 1.54) is 11.1 Å². The average molecular weight is 617 g/mol. The molecular formula is C37H48N2O6. The van der Waals surface area contributed by atoms with Gasteiger partial charge in [-0.05, 0) is 98.6 Å². The highest BCUT2D eigenvalue weighted by Gasteiger charge is 2.62. The Balaban J connectivity index is 1.30. The van der Waals surface area contributed by atoms with Crippen molar-refractivity contribution >= 4 is 11.7 Å². The second-order valence-corrected chi connectivity index (χ2v) is 14.0. The minimum absolute atomic E-state index is 0.0700. The predicted molar refractivity (Wildman–Crippen MR) is 175 cm³/mol. The summed E-state index contributed by atoms with van der Waals surface area (Å²) in [7, 11) is 4.83. The van der Waals surface area contributed by atoms with E-state index < -0.39 is 5.60 Å². The summed E-state index contributed by atoms with van der Waals surface area (Å²) in [5, 5.41) is 26.1. The third kappa shape index (κ3) is 5.50. The number of fused-ring (bicyclic) bond motifs is 5. The van der Waals surface area contributed by atoms with Crippen LogP contribution >= 0.6 is 0 Å². The van der Waals surface area contributed by atoms with Crippen molar-refractivity contribution in [3.8, 4) is 17.2 Å². The van der Waals surface area contributed by atoms with Gasteiger partial charge in [-0.2, -0.15) is 0 Å². The molecule has 0 aliphatic heterocycles. The maximum absolute atomic E-state index is 14.0. The van der Waals surface area contributed by atoms with Crippen LogP contribution in [0.2, 0.25) is 0 Å². The van der Waals surface area contributed by atoms with Crippen molar-refractivity contribution in [3.63, 3.8) is 0 Å². The van der Waals surface area contributed by atoms with Gasteiger partial charge in [0.25, 0.3) is 0 Å². The molecule has 8 heteroatoms. The second kappa shape index (κ2) is 12.0. The highest BCUT2D eigenvalue weighted by molar-refractivity contribution is 5.89. The molecule has 2 amide bonds. The molecule has 45 heavy (non-hydrogen) atoms. The zero-order valence-corrected chi connectivity index (χ0v) is 27.3. The number of methoxy groups -OCH3 is 3. The second-order valence-electron chi connectivity index (χ2n) is 14.0. The molecule has 0 radical (unpaired) electrons. The van der Waals surface area contributed by atoms with Gasteiger partial charge < -0.3 is 34.6 Å². The SMILES string of the molecule is COc1ccc(NC(=O)N(Cc2ccc(OC)cc2OC)CC2(O)CCC3C4=CC=C5CC(O)CCC5(C)C4CCC32C)cc1. The van der Waals surface area contributed by atoms with E-state index in [2.05, 4.69) is 31.3 Å². The highest BCUT2D eigenvalue weighted by Crippen LogP contribution is 2.66. The van der Waals surface area contributed by atoms with Crippen molar-refractivity contribution < 1.29 is 29.2 Å². The largest absolute Gasteiger partial charge is 0.497 e. The van der Waals surface area contributed by atoms with Crippen molar-refractivity contribution in [1.82, 2.24) is 4.90 Å². The minimum atomic E-state index is -1.08. The molecule has 6 rings (SSSR count). The summed E-state index contributed by atoms with van der Waals surface area (Å²) < 4.78 is 16.4. The van der Waals surface area contributed by atoms with Crippen LogP contribution < -0.4 is 19.5 Å². The number of benzene rings is 2. The Kier molecular flexibility index (Phi) is 8.42. The summed E-state index contributed by atoms with van der Waals surface area (Å²) in [6.45, 7) is 5.08. The summed E-state index contributed by atoms with van der Waals surface area (Å²) in [6.07, 6.45) is 10.3. The Morgan fingerprint density at radius 3 is 2.33 bits per heavy atom. The normalized spacial score (nSPS) is 31.8. The van der Waals surface area contributed by atoms with Crippen LogP contribution in [0.3, 0.4) is 0 Å². The lowest BCUT2D eigenvalue weighted by Gasteiger charge is -2.56. The number of ether oxygens (including phenoxy) is 3. The van der Waals surface area contributed by atoms with E-state index in [1.54, 1.807) is 26.2 Å². The topological polar surface area (TPSA) is 100 Å². The van der Waals surface area contributed by atoms with Gasteiger partial charge in [-0.3, -0.25) is 0 Å². The van der Waals surface area contributed by atoms with E-state index in [0.717, 1.165) is 44.1 Å². The molecule has 0 spiro atoms. The number of hydrogen-bond acceptors (Lipinski definition) is 6. The van der Waals surface area contributed by atoms with Crippen molar-refractivity contribution in [2.75, 3.05) is 33.2 Å². The van der Waals surface area contributed by atoms with Crippen LogP contribution in [-0.2, 0) is 6.54 Å². The first-order chi connectivity index (χ1) is 21.5. The van der Waals surface area contributed by atoms with Crippen molar-refractivity contribution in [2.24, 2.45) is 22.7 Å². The van der Waals surface area contributed by atoms with Gasteiger partial charge in [0.2, 0.25) is 0 Å². The smallest absolute Gasteiger partial charge is 0.322 e. The van der Waals surface area contributed by atoms with Crippen LogP contribution in [0.15, 0.2) is 65.8 Å². The maximum Gasteiger partial charge on any atom is 0.322 e. The van der Waals surface area contributed by atoms with Gasteiger partial charge in [0, 0.05) is 22.7 Å². The fourth-order valence-corrected chi connectivity index (χ4v) is 8.93. The first kappa shape index (κ1) is 31.5. The molecule has 8 nitrogen and oxygen atoms in total. The number of nitrogens with one attached hydrogen (secondary N) is 1. The Morgan fingerprint density at radius 1 is 0.911 bits per heavy atom. The lowest BCUT2D eigenvalue weighted by atomic mass is 9.50. The summed E-state index contributed by atoms with van der Waals surface area (Å²) in [5.74, 6) is 2.68. The fourth-order valence-electron chi connectivity index (χ4n) is 8.93. The number of carbonyl (C=O) groups is 1. The standard InChI is InChI=1S/C37H48N2O6/c1-35-17-14-27(40)20-25(35)7-13-30-31(35)15-18-36(2)32(30)16-19-37(36,42)23-39(22-24-6-10-29(44-4)21-33(24)45-5)34(41)38-26-8-11-28(43-3)12-9-26/h6-13,21,27,31-32,40,42H,14-20,22-23H2,1-5H3,(H,38,41). The molecule has 3 saturated carbocycles. The molecule has 242 valence electrons. The molecular weight excluding hydrogens is 568 g/mol. The number of urea groups is 1. The van der Waals surface area contributed by atoms with E-state index in [-0.39, 0.29) is 42.0 Å². The van der Waals surface area contributed by atoms with Gasteiger partial charge in [0.15, 0.2) is 0 Å². The number of carbonyl (C=O) groups excluding carboxylic acids is 1. The number of aliphatic hydroxyl groups excluding tert-OH is 1. The van der Waals surface area contributed by atoms with Gasteiger partial charge in [-0.15, -0.1) is 0 Å². The van der Waals surface area contributed by atoms with Crippen molar-refractivity contribution in [3.05, 3.63) is 71.3 Å². The quantitative estimate of drug-likeness (QED) is 0.305. The number of allylic oxidation sites excluding steroid dienone is 3. The molecule has 2 aromatic carbocycles. The van der Waals surface area contributed by atoms with E-state index >= 15 is 0 Å². The van der Waals surface area contributed by atoms with Crippen molar-refractivity contribution in [1.29, 1.82) is 0 Å². The van der Waals surface area contributed by atoms with Gasteiger partial charge in [0.1, 0.15) is 17.2 Å². The number of rotatable bonds is 8. The number of hydrogen-bond donors (Lipinski definition) is 3. The van der Waals surface area contributed by atoms with E-state index in [1.807, 2.05) is 42.5 Å². The van der Waals surface area contributed by atoms with Crippen LogP contribution in [0.4, 0.5) is 10.5 Å². The molecule has 2 aromatic rings. The molecule has 3 fully saturated rings. The van der Waals surface area contributed by atoms with Gasteiger partial charge in [0.05, 0.1) is 46.1 Å². The molecule has 6 atom stereocenters. The summed E-state index contributed by atoms with van der Waals surface area (Å²) in [5.41, 5.74) is 2.92. The predicted octanol–water partition coefficient (Wildman–Crippen LogP) is 6.72. The van der Waals surface area contributed by atoms with Gasteiger partial charge in [-0.1, -0.05) is 37.1 Å². The minimum Gasteiger partial charge on any atom is -0.497 e. The molecule has 0 aromatic heterocycles. The average Bonchev–Trinajstić information content (AvgIpc) is 3.31. The van der Waals surface area contributed by atoms with E-state index in [9.17, 15) is 15.0 Å². The monoisotopic (exact) mass is 616 g/mol. The lowest BCUT2D eigenvalue weighted by Crippen LogP contribution is -2.57. The van der Waals surface area contributed by atoms with Gasteiger partial charge >= 0.3 is 6.03 Å². The molecule has 6 unspecified atom stereocenters. The molecule has 0 bridgehead atoms. The number of aliphatic hydroxyl groups is 2. The lowest BCUT2D eigenvalue weighted by molar-refractivity contribution is -0.0967. The summed E-state index contributed by atoms with van der Waals surface area (Å²) in [4.78, 5) is 15.7. The van der Waals surface area contributed by atoms with Gasteiger partial charge in [-0.25, -0.2) is 4.79 Å². The molecule has 4 aliphatic carbocycles. The molecule has 0 heterocycles. The third-order valence-corrected chi connectivity index (χ3v) is 11.8. The van der Waals surface area contributed by atoms with Crippen LogP contribution in [0.5, 0.6) is 17.2 Å². The van der Waals surface area contributed by atoms with E-state index in [0.29, 0.717) is 35.3 Å². The fraction of sp³-hybridized carbons (Fsp3) is 0.541. The van der Waals surface area contributed by atoms with Crippen LogP contribution in [0.1, 0.15) is 64.4 Å². The van der Waals surface area contributed by atoms with E-state index in [4.69, 9.17) is 14.2 Å². The first-order valence-electron chi connectivity index (χ1n) is 16.3. The Morgan fingerprint density at radius 2 is 1.62 bits per heavy atom. The summed E-state index contributed by atoms with van der Waals surface area (Å²) in [6, 6.07) is 12.6. The zero-order valence-electron chi connectivity index (χ0n) is 27.3. The number of nitrogens with zero attached hydrogens (tertiary/aromatic N) is 1. The summed E-state index contributed by atoms with van der Waals surface area (Å²) >= 11 is 0. The Labute approximate surface area is 267 Å². The Hall–Kier alpha value is -3.49. The molecule has 3 N–H and O–H groups in total. The van der Waals surface area contributed by atoms with Crippen LogP contribution in [0, 0.1) is 22.7 Å². The maximum atomic E-state index is 14.0. The Bertz CT molecular complexity index is 1490. The van der Waals surface area contributed by atoms with Crippen molar-refractivity contribution in [2.45, 2.75) is 77.0 Å². The molecule has 4 aliphatic rings. The molecule has 0 saturated heterocycles. The van der Waals surface area contributed by atoms with Crippen LogP contribution in [0.25, 0.3) is 0 Å². The first-order valence-corrected chi connectivity index (χ1v) is 16.3. The third-order valence-electron chi connectivity index (χ3n) is 11.8. The number of anilines is 1. The highest BCUT2D eigenvalue weighted by atomic mass is 16.5. The number of amides is 2.